The van der Waals surface area contributed by atoms with E-state index in [0.717, 1.165) is 35.2 Å². The number of amides is 1. The maximum absolute atomic E-state index is 14.8. The molecule has 0 radical (unpaired) electrons. The first kappa shape index (κ1) is 25.0. The summed E-state index contributed by atoms with van der Waals surface area (Å²) in [6.45, 7) is 6.87. The van der Waals surface area contributed by atoms with E-state index in [-0.39, 0.29) is 18.0 Å². The third-order valence-electron chi connectivity index (χ3n) is 6.96. The van der Waals surface area contributed by atoms with Gasteiger partial charge in [0, 0.05) is 48.9 Å². The first-order valence-electron chi connectivity index (χ1n) is 13.1. The van der Waals surface area contributed by atoms with Crippen LogP contribution in [0, 0.1) is 5.82 Å². The van der Waals surface area contributed by atoms with Gasteiger partial charge in [0.1, 0.15) is 11.4 Å². The van der Waals surface area contributed by atoms with Gasteiger partial charge in [-0.3, -0.25) is 9.67 Å². The standard InChI is InChI=1S/C29H30FN7O2/c1-29(2,3)39-28(38)35-11-8-22(9-12-35)36-18-21(16-33-36)25-6-7-27-32-17-23(37(27)34-25)14-20-13-19-5-4-10-31-26(19)15-24(20)30/h4-7,10,13,15-18,22H,8-9,11-12,14H2,1-3H3. The lowest BCUT2D eigenvalue weighted by molar-refractivity contribution is 0.0185. The minimum absolute atomic E-state index is 0.190. The Kier molecular flexibility index (Phi) is 6.25. The molecular weight excluding hydrogens is 497 g/mol. The molecule has 0 unspecified atom stereocenters. The molecule has 0 atom stereocenters. The number of ether oxygens (including phenoxy) is 1. The lowest BCUT2D eigenvalue weighted by atomic mass is 10.1. The smallest absolute Gasteiger partial charge is 0.410 e. The fourth-order valence-electron chi connectivity index (χ4n) is 4.98. The summed E-state index contributed by atoms with van der Waals surface area (Å²) in [5.74, 6) is -0.300. The van der Waals surface area contributed by atoms with Crippen molar-refractivity contribution in [2.75, 3.05) is 13.1 Å². The van der Waals surface area contributed by atoms with Crippen LogP contribution in [-0.4, -0.2) is 59.0 Å². The molecule has 0 saturated carbocycles. The number of hydrogen-bond acceptors (Lipinski definition) is 6. The number of carbonyl (C=O) groups is 1. The first-order valence-corrected chi connectivity index (χ1v) is 13.1. The largest absolute Gasteiger partial charge is 0.444 e. The van der Waals surface area contributed by atoms with E-state index in [1.807, 2.05) is 62.0 Å². The summed E-state index contributed by atoms with van der Waals surface area (Å²) in [5.41, 5.74) is 3.81. The summed E-state index contributed by atoms with van der Waals surface area (Å²) in [6, 6.07) is 11.1. The van der Waals surface area contributed by atoms with Crippen LogP contribution in [0.5, 0.6) is 0 Å². The van der Waals surface area contributed by atoms with Gasteiger partial charge in [0.2, 0.25) is 0 Å². The predicted octanol–water partition coefficient (Wildman–Crippen LogP) is 5.44. The van der Waals surface area contributed by atoms with Crippen molar-refractivity contribution in [3.8, 4) is 11.3 Å². The quantitative estimate of drug-likeness (QED) is 0.309. The number of carbonyl (C=O) groups excluding carboxylic acids is 1. The SMILES string of the molecule is CC(C)(C)OC(=O)N1CCC(n2cc(-c3ccc4ncc(Cc5cc6cccnc6cc5F)n4n3)cn2)CC1. The summed E-state index contributed by atoms with van der Waals surface area (Å²) in [4.78, 5) is 22.9. The molecule has 39 heavy (non-hydrogen) atoms. The van der Waals surface area contributed by atoms with E-state index < -0.39 is 5.60 Å². The Bertz CT molecular complexity index is 1660. The summed E-state index contributed by atoms with van der Waals surface area (Å²) in [7, 11) is 0. The Hall–Kier alpha value is -4.34. The van der Waals surface area contributed by atoms with Crippen molar-refractivity contribution in [3.05, 3.63) is 78.3 Å². The maximum atomic E-state index is 14.8. The van der Waals surface area contributed by atoms with Crippen molar-refractivity contribution in [2.45, 2.75) is 51.7 Å². The number of nitrogens with zero attached hydrogens (tertiary/aromatic N) is 7. The number of aromatic nitrogens is 6. The molecule has 6 rings (SSSR count). The molecule has 0 spiro atoms. The second kappa shape index (κ2) is 9.76. The molecule has 1 saturated heterocycles. The highest BCUT2D eigenvalue weighted by Crippen LogP contribution is 2.27. The Balaban J connectivity index is 1.19. The highest BCUT2D eigenvalue weighted by atomic mass is 19.1. The monoisotopic (exact) mass is 527 g/mol. The topological polar surface area (TPSA) is 90.4 Å². The van der Waals surface area contributed by atoms with Crippen LogP contribution in [0.25, 0.3) is 27.8 Å². The van der Waals surface area contributed by atoms with Crippen molar-refractivity contribution in [1.82, 2.24) is 34.3 Å². The van der Waals surface area contributed by atoms with Crippen LogP contribution >= 0.6 is 0 Å². The number of piperidine rings is 1. The number of halogens is 1. The molecule has 1 fully saturated rings. The molecular formula is C29H30FN7O2. The Morgan fingerprint density at radius 2 is 1.92 bits per heavy atom. The summed E-state index contributed by atoms with van der Waals surface area (Å²) < 4.78 is 24.1. The van der Waals surface area contributed by atoms with Crippen LogP contribution in [0.2, 0.25) is 0 Å². The van der Waals surface area contributed by atoms with Crippen LogP contribution in [0.15, 0.2) is 61.2 Å². The zero-order valence-corrected chi connectivity index (χ0v) is 22.2. The molecule has 1 aliphatic heterocycles. The Morgan fingerprint density at radius 1 is 1.10 bits per heavy atom. The van der Waals surface area contributed by atoms with Crippen molar-refractivity contribution in [1.29, 1.82) is 0 Å². The maximum Gasteiger partial charge on any atom is 0.410 e. The zero-order valence-electron chi connectivity index (χ0n) is 22.2. The summed E-state index contributed by atoms with van der Waals surface area (Å²) >= 11 is 0. The highest BCUT2D eigenvalue weighted by molar-refractivity contribution is 5.79. The van der Waals surface area contributed by atoms with Gasteiger partial charge >= 0.3 is 6.09 Å². The van der Waals surface area contributed by atoms with E-state index in [2.05, 4.69) is 15.1 Å². The second-order valence-corrected chi connectivity index (χ2v) is 11.0. The van der Waals surface area contributed by atoms with Crippen LogP contribution < -0.4 is 0 Å². The molecule has 200 valence electrons. The average Bonchev–Trinajstić information content (AvgIpc) is 3.56. The molecule has 1 aliphatic rings. The number of benzene rings is 1. The lowest BCUT2D eigenvalue weighted by Gasteiger charge is -2.33. The normalized spacial score (nSPS) is 14.8. The molecule has 0 aliphatic carbocycles. The van der Waals surface area contributed by atoms with Gasteiger partial charge in [0.05, 0.1) is 35.3 Å². The molecule has 1 amide bonds. The van der Waals surface area contributed by atoms with Gasteiger partial charge in [0.15, 0.2) is 5.65 Å². The fraction of sp³-hybridized carbons (Fsp3) is 0.345. The Labute approximate surface area is 225 Å². The van der Waals surface area contributed by atoms with E-state index in [0.29, 0.717) is 36.2 Å². The lowest BCUT2D eigenvalue weighted by Crippen LogP contribution is -2.42. The third kappa shape index (κ3) is 5.19. The van der Waals surface area contributed by atoms with E-state index in [1.54, 1.807) is 28.0 Å². The van der Waals surface area contributed by atoms with Gasteiger partial charge in [-0.05, 0) is 63.4 Å². The van der Waals surface area contributed by atoms with Gasteiger partial charge in [-0.15, -0.1) is 0 Å². The van der Waals surface area contributed by atoms with Gasteiger partial charge in [0.25, 0.3) is 0 Å². The number of likely N-dealkylation sites (tertiary alicyclic amines) is 1. The zero-order chi connectivity index (χ0) is 27.1. The molecule has 0 bridgehead atoms. The Morgan fingerprint density at radius 3 is 2.72 bits per heavy atom. The van der Waals surface area contributed by atoms with E-state index in [4.69, 9.17) is 9.84 Å². The van der Waals surface area contributed by atoms with Gasteiger partial charge in [-0.25, -0.2) is 18.7 Å². The van der Waals surface area contributed by atoms with E-state index >= 15 is 0 Å². The average molecular weight is 528 g/mol. The van der Waals surface area contributed by atoms with Crippen LogP contribution in [0.3, 0.4) is 0 Å². The molecule has 4 aromatic heterocycles. The van der Waals surface area contributed by atoms with Crippen LogP contribution in [0.1, 0.15) is 50.9 Å². The highest BCUT2D eigenvalue weighted by Gasteiger charge is 2.28. The summed E-state index contributed by atoms with van der Waals surface area (Å²) in [5, 5.41) is 10.3. The number of rotatable bonds is 4. The molecule has 5 heterocycles. The van der Waals surface area contributed by atoms with Crippen molar-refractivity contribution in [2.24, 2.45) is 0 Å². The molecule has 10 heteroatoms. The van der Waals surface area contributed by atoms with Crippen molar-refractivity contribution >= 4 is 22.6 Å². The number of pyridine rings is 1. The minimum Gasteiger partial charge on any atom is -0.444 e. The first-order chi connectivity index (χ1) is 18.7. The molecule has 9 nitrogen and oxygen atoms in total. The number of imidazole rings is 1. The van der Waals surface area contributed by atoms with Crippen LogP contribution in [-0.2, 0) is 11.2 Å². The number of hydrogen-bond donors (Lipinski definition) is 0. The van der Waals surface area contributed by atoms with E-state index in [1.165, 1.54) is 6.07 Å². The molecule has 0 N–H and O–H groups in total. The van der Waals surface area contributed by atoms with Gasteiger partial charge in [-0.2, -0.15) is 10.2 Å². The van der Waals surface area contributed by atoms with Crippen LogP contribution in [0.4, 0.5) is 9.18 Å². The van der Waals surface area contributed by atoms with Gasteiger partial charge < -0.3 is 9.64 Å². The van der Waals surface area contributed by atoms with Gasteiger partial charge in [-0.1, -0.05) is 6.07 Å². The fourth-order valence-corrected chi connectivity index (χ4v) is 4.98. The summed E-state index contributed by atoms with van der Waals surface area (Å²) in [6.07, 6.45) is 8.87. The van der Waals surface area contributed by atoms with Crippen molar-refractivity contribution < 1.29 is 13.9 Å². The number of fused-ring (bicyclic) bond motifs is 2. The second-order valence-electron chi connectivity index (χ2n) is 11.0. The molecule has 5 aromatic rings. The minimum atomic E-state index is -0.505. The third-order valence-corrected chi connectivity index (χ3v) is 6.96. The predicted molar refractivity (Wildman–Crippen MR) is 145 cm³/mol. The van der Waals surface area contributed by atoms with E-state index in [9.17, 15) is 9.18 Å². The van der Waals surface area contributed by atoms with Crippen molar-refractivity contribution in [3.63, 3.8) is 0 Å². The molecule has 1 aromatic carbocycles.